The predicted octanol–water partition coefficient (Wildman–Crippen LogP) is 3.76. The summed E-state index contributed by atoms with van der Waals surface area (Å²) in [4.78, 5) is 23.5. The fourth-order valence-corrected chi connectivity index (χ4v) is 2.40. The number of ether oxygens (including phenoxy) is 2. The van der Waals surface area contributed by atoms with Gasteiger partial charge in [-0.1, -0.05) is 18.7 Å². The second kappa shape index (κ2) is 10.3. The van der Waals surface area contributed by atoms with Gasteiger partial charge in [0.2, 0.25) is 5.91 Å². The van der Waals surface area contributed by atoms with E-state index in [1.807, 2.05) is 6.07 Å². The van der Waals surface area contributed by atoms with E-state index in [0.29, 0.717) is 35.0 Å². The van der Waals surface area contributed by atoms with E-state index in [1.165, 1.54) is 20.1 Å². The molecule has 0 bridgehead atoms. The Morgan fingerprint density at radius 2 is 1.76 bits per heavy atom. The number of benzene rings is 2. The van der Waals surface area contributed by atoms with Gasteiger partial charge in [0.1, 0.15) is 18.2 Å². The minimum atomic E-state index is -0.550. The minimum Gasteiger partial charge on any atom is -0.493 e. The fraction of sp³-hybridized carbons (Fsp3) is 0.136. The Morgan fingerprint density at radius 3 is 2.31 bits per heavy atom. The average Bonchev–Trinajstić information content (AvgIpc) is 2.71. The Bertz CT molecular complexity index is 973. The first-order valence-electron chi connectivity index (χ1n) is 8.69. The molecule has 2 aromatic rings. The number of methoxy groups -OCH3 is 1. The van der Waals surface area contributed by atoms with Gasteiger partial charge in [-0.3, -0.25) is 9.59 Å². The lowest BCUT2D eigenvalue weighted by Gasteiger charge is -2.10. The van der Waals surface area contributed by atoms with Gasteiger partial charge in [-0.15, -0.1) is 0 Å². The molecule has 2 rings (SSSR count). The third-order valence-electron chi connectivity index (χ3n) is 3.68. The fourth-order valence-electron chi connectivity index (χ4n) is 2.40. The van der Waals surface area contributed by atoms with E-state index in [4.69, 9.17) is 9.47 Å². The molecule has 2 aromatic carbocycles. The summed E-state index contributed by atoms with van der Waals surface area (Å²) in [5.74, 6) is 0.275. The van der Waals surface area contributed by atoms with Crippen LogP contribution < -0.4 is 20.1 Å². The first-order chi connectivity index (χ1) is 14.0. The number of hydrogen-bond acceptors (Lipinski definition) is 5. The molecular formula is C22H21N3O4. The van der Waals surface area contributed by atoms with Gasteiger partial charge in [0.15, 0.2) is 11.5 Å². The van der Waals surface area contributed by atoms with Crippen molar-refractivity contribution in [1.29, 1.82) is 5.26 Å². The molecule has 0 atom stereocenters. The summed E-state index contributed by atoms with van der Waals surface area (Å²) in [6, 6.07) is 13.6. The molecule has 7 nitrogen and oxygen atoms in total. The topological polar surface area (TPSA) is 100 Å². The number of nitrogens with zero attached hydrogens (tertiary/aromatic N) is 1. The summed E-state index contributed by atoms with van der Waals surface area (Å²) in [6.45, 7) is 5.34. The molecule has 0 saturated carbocycles. The third kappa shape index (κ3) is 6.26. The van der Waals surface area contributed by atoms with Crippen molar-refractivity contribution >= 4 is 29.3 Å². The molecule has 0 fully saturated rings. The van der Waals surface area contributed by atoms with Crippen LogP contribution in [0.2, 0.25) is 0 Å². The third-order valence-corrected chi connectivity index (χ3v) is 3.68. The number of rotatable bonds is 8. The van der Waals surface area contributed by atoms with Crippen molar-refractivity contribution in [3.05, 3.63) is 66.3 Å². The van der Waals surface area contributed by atoms with Crippen molar-refractivity contribution < 1.29 is 19.1 Å². The highest BCUT2D eigenvalue weighted by Crippen LogP contribution is 2.29. The number of carbonyl (C=O) groups excluding carboxylic acids is 2. The number of amides is 2. The molecular weight excluding hydrogens is 370 g/mol. The highest BCUT2D eigenvalue weighted by molar-refractivity contribution is 6.09. The number of nitriles is 1. The Morgan fingerprint density at radius 1 is 1.10 bits per heavy atom. The van der Waals surface area contributed by atoms with Gasteiger partial charge in [-0.2, -0.15) is 5.26 Å². The quantitative estimate of drug-likeness (QED) is 0.405. The van der Waals surface area contributed by atoms with Gasteiger partial charge in [-0.05, 0) is 48.0 Å². The van der Waals surface area contributed by atoms with Crippen LogP contribution in [-0.4, -0.2) is 25.5 Å². The lowest BCUT2D eigenvalue weighted by Crippen LogP contribution is -2.13. The van der Waals surface area contributed by atoms with Crippen molar-refractivity contribution in [2.24, 2.45) is 0 Å². The molecule has 0 radical (unpaired) electrons. The maximum absolute atomic E-state index is 12.4. The van der Waals surface area contributed by atoms with E-state index in [9.17, 15) is 14.9 Å². The van der Waals surface area contributed by atoms with Gasteiger partial charge in [0, 0.05) is 18.3 Å². The van der Waals surface area contributed by atoms with E-state index in [1.54, 1.807) is 48.5 Å². The normalized spacial score (nSPS) is 10.4. The van der Waals surface area contributed by atoms with E-state index in [0.717, 1.165) is 0 Å². The van der Waals surface area contributed by atoms with Crippen molar-refractivity contribution in [3.8, 4) is 17.6 Å². The summed E-state index contributed by atoms with van der Waals surface area (Å²) < 4.78 is 10.8. The summed E-state index contributed by atoms with van der Waals surface area (Å²) >= 11 is 0. The van der Waals surface area contributed by atoms with Gasteiger partial charge in [0.05, 0.1) is 7.11 Å². The lowest BCUT2D eigenvalue weighted by molar-refractivity contribution is -0.114. The maximum atomic E-state index is 12.4. The van der Waals surface area contributed by atoms with Crippen molar-refractivity contribution in [1.82, 2.24) is 0 Å². The number of hydrogen-bond donors (Lipinski definition) is 2. The van der Waals surface area contributed by atoms with E-state index in [2.05, 4.69) is 17.2 Å². The molecule has 0 aliphatic rings. The monoisotopic (exact) mass is 391 g/mol. The highest BCUT2D eigenvalue weighted by atomic mass is 16.5. The van der Waals surface area contributed by atoms with E-state index in [-0.39, 0.29) is 11.5 Å². The summed E-state index contributed by atoms with van der Waals surface area (Å²) in [6.07, 6.45) is 3.08. The largest absolute Gasteiger partial charge is 0.493 e. The van der Waals surface area contributed by atoms with Crippen molar-refractivity contribution in [2.45, 2.75) is 6.92 Å². The average molecular weight is 391 g/mol. The van der Waals surface area contributed by atoms with Gasteiger partial charge < -0.3 is 20.1 Å². The molecule has 0 spiro atoms. The van der Waals surface area contributed by atoms with Crippen LogP contribution in [0.25, 0.3) is 6.08 Å². The van der Waals surface area contributed by atoms with Gasteiger partial charge >= 0.3 is 0 Å². The van der Waals surface area contributed by atoms with Gasteiger partial charge in [-0.25, -0.2) is 0 Å². The first-order valence-corrected chi connectivity index (χ1v) is 8.69. The highest BCUT2D eigenvalue weighted by Gasteiger charge is 2.11. The van der Waals surface area contributed by atoms with E-state index >= 15 is 0 Å². The van der Waals surface area contributed by atoms with Crippen LogP contribution in [0.1, 0.15) is 12.5 Å². The summed E-state index contributed by atoms with van der Waals surface area (Å²) in [5, 5.41) is 14.7. The molecule has 2 amide bonds. The SMILES string of the molecule is C=CCOc1ccc(/C=C(\C#N)C(=O)Nc2ccc(NC(C)=O)cc2)cc1OC. The molecule has 0 aromatic heterocycles. The molecule has 29 heavy (non-hydrogen) atoms. The van der Waals surface area contributed by atoms with E-state index < -0.39 is 5.91 Å². The van der Waals surface area contributed by atoms with Crippen molar-refractivity contribution in [3.63, 3.8) is 0 Å². The van der Waals surface area contributed by atoms with Crippen LogP contribution in [0.4, 0.5) is 11.4 Å². The first kappa shape index (κ1) is 21.3. The van der Waals surface area contributed by atoms with Crippen LogP contribution in [-0.2, 0) is 9.59 Å². The van der Waals surface area contributed by atoms with Crippen LogP contribution in [0.5, 0.6) is 11.5 Å². The summed E-state index contributed by atoms with van der Waals surface area (Å²) in [5.41, 5.74) is 1.65. The number of anilines is 2. The Hall–Kier alpha value is -4.05. The molecule has 0 unspecified atom stereocenters. The van der Waals surface area contributed by atoms with Crippen LogP contribution in [0.3, 0.4) is 0 Å². The molecule has 0 aliphatic heterocycles. The predicted molar refractivity (Wildman–Crippen MR) is 112 cm³/mol. The summed E-state index contributed by atoms with van der Waals surface area (Å²) in [7, 11) is 1.51. The molecule has 148 valence electrons. The minimum absolute atomic E-state index is 0.0715. The van der Waals surface area contributed by atoms with Crippen LogP contribution >= 0.6 is 0 Å². The zero-order valence-electron chi connectivity index (χ0n) is 16.2. The number of nitrogens with one attached hydrogen (secondary N) is 2. The molecule has 0 saturated heterocycles. The molecule has 2 N–H and O–H groups in total. The zero-order chi connectivity index (χ0) is 21.2. The lowest BCUT2D eigenvalue weighted by atomic mass is 10.1. The molecule has 0 heterocycles. The second-order valence-corrected chi connectivity index (χ2v) is 5.89. The van der Waals surface area contributed by atoms with Crippen molar-refractivity contribution in [2.75, 3.05) is 24.4 Å². The van der Waals surface area contributed by atoms with Crippen LogP contribution in [0, 0.1) is 11.3 Å². The smallest absolute Gasteiger partial charge is 0.266 e. The Balaban J connectivity index is 2.16. The zero-order valence-corrected chi connectivity index (χ0v) is 16.2. The van der Waals surface area contributed by atoms with Crippen LogP contribution in [0.15, 0.2) is 60.7 Å². The second-order valence-electron chi connectivity index (χ2n) is 5.89. The maximum Gasteiger partial charge on any atom is 0.266 e. The Labute approximate surface area is 169 Å². The molecule has 7 heteroatoms. The number of carbonyl (C=O) groups is 2. The molecule has 0 aliphatic carbocycles. The standard InChI is InChI=1S/C22H21N3O4/c1-4-11-29-20-10-5-16(13-21(20)28-3)12-17(14-23)22(27)25-19-8-6-18(7-9-19)24-15(2)26/h4-10,12-13H,1,11H2,2-3H3,(H,24,26)(H,25,27)/b17-12+. The Kier molecular flexibility index (Phi) is 7.57. The van der Waals surface area contributed by atoms with Gasteiger partial charge in [0.25, 0.3) is 5.91 Å².